The van der Waals surface area contributed by atoms with E-state index in [-0.39, 0.29) is 11.6 Å². The molecule has 1 saturated carbocycles. The summed E-state index contributed by atoms with van der Waals surface area (Å²) in [7, 11) is 0. The quantitative estimate of drug-likeness (QED) is 0.590. The van der Waals surface area contributed by atoms with Crippen LogP contribution in [-0.4, -0.2) is 12.2 Å². The highest BCUT2D eigenvalue weighted by molar-refractivity contribution is 5.48. The average molecular weight is 231 g/mol. The van der Waals surface area contributed by atoms with E-state index in [9.17, 15) is 4.79 Å². The van der Waals surface area contributed by atoms with Crippen LogP contribution in [0.15, 0.2) is 23.2 Å². The molecule has 0 aliphatic heterocycles. The number of ether oxygens (including phenoxy) is 1. The monoisotopic (exact) mass is 231 g/mol. The summed E-state index contributed by atoms with van der Waals surface area (Å²) in [4.78, 5) is 14.5. The summed E-state index contributed by atoms with van der Waals surface area (Å²) in [6, 6.07) is 6.04. The van der Waals surface area contributed by atoms with Crippen LogP contribution in [-0.2, 0) is 10.3 Å². The highest BCUT2D eigenvalue weighted by atomic mass is 16.5. The molecule has 0 bridgehead atoms. The van der Waals surface area contributed by atoms with Crippen LogP contribution >= 0.6 is 0 Å². The molecule has 1 aliphatic carbocycles. The van der Waals surface area contributed by atoms with Gasteiger partial charge < -0.3 is 4.74 Å². The molecule has 0 spiro atoms. The van der Waals surface area contributed by atoms with Gasteiger partial charge in [-0.2, -0.15) is 4.99 Å². The lowest BCUT2D eigenvalue weighted by Crippen LogP contribution is -2.11. The number of benzene rings is 1. The Balaban J connectivity index is 2.43. The summed E-state index contributed by atoms with van der Waals surface area (Å²) in [6.45, 7) is 6.02. The number of hydrogen-bond acceptors (Lipinski definition) is 3. The lowest BCUT2D eigenvalue weighted by molar-refractivity contribution is 0.238. The van der Waals surface area contributed by atoms with Crippen molar-refractivity contribution in [3.63, 3.8) is 0 Å². The number of carbonyl (C=O) groups excluding carboxylic acids is 1. The van der Waals surface area contributed by atoms with E-state index < -0.39 is 0 Å². The average Bonchev–Trinajstić information content (AvgIpc) is 3.01. The van der Waals surface area contributed by atoms with Gasteiger partial charge in [0.2, 0.25) is 6.08 Å². The van der Waals surface area contributed by atoms with Gasteiger partial charge in [-0.25, -0.2) is 4.79 Å². The fraction of sp³-hybridized carbons (Fsp3) is 0.500. The zero-order chi connectivity index (χ0) is 12.5. The zero-order valence-electron chi connectivity index (χ0n) is 10.5. The molecule has 0 unspecified atom stereocenters. The van der Waals surface area contributed by atoms with Gasteiger partial charge in [0, 0.05) is 5.56 Å². The van der Waals surface area contributed by atoms with Gasteiger partial charge in [-0.05, 0) is 45.7 Å². The SMILES string of the molecule is Cc1ccc(OC(C)C)c(C2(N=C=O)CC2)c1. The van der Waals surface area contributed by atoms with Gasteiger partial charge >= 0.3 is 0 Å². The Bertz CT molecular complexity index is 469. The van der Waals surface area contributed by atoms with Crippen molar-refractivity contribution in [2.45, 2.75) is 45.3 Å². The maximum absolute atomic E-state index is 10.5. The fourth-order valence-corrected chi connectivity index (χ4v) is 2.01. The molecule has 3 nitrogen and oxygen atoms in total. The third-order valence-corrected chi connectivity index (χ3v) is 2.98. The van der Waals surface area contributed by atoms with Crippen molar-refractivity contribution in [1.82, 2.24) is 0 Å². The Morgan fingerprint density at radius 2 is 2.12 bits per heavy atom. The largest absolute Gasteiger partial charge is 0.491 e. The molecule has 17 heavy (non-hydrogen) atoms. The smallest absolute Gasteiger partial charge is 0.235 e. The molecule has 90 valence electrons. The second-order valence-corrected chi connectivity index (χ2v) is 4.90. The van der Waals surface area contributed by atoms with Gasteiger partial charge in [0.1, 0.15) is 11.3 Å². The van der Waals surface area contributed by atoms with Gasteiger partial charge in [-0.1, -0.05) is 11.6 Å². The van der Waals surface area contributed by atoms with E-state index >= 15 is 0 Å². The molecule has 0 saturated heterocycles. The maximum atomic E-state index is 10.5. The minimum atomic E-state index is -0.363. The van der Waals surface area contributed by atoms with E-state index in [0.29, 0.717) is 0 Å². The maximum Gasteiger partial charge on any atom is 0.235 e. The van der Waals surface area contributed by atoms with Gasteiger partial charge in [-0.3, -0.25) is 0 Å². The Morgan fingerprint density at radius 1 is 1.41 bits per heavy atom. The first kappa shape index (κ1) is 11.9. The molecule has 3 heteroatoms. The van der Waals surface area contributed by atoms with Gasteiger partial charge in [0.25, 0.3) is 0 Å². The Labute approximate surface area is 102 Å². The number of hydrogen-bond donors (Lipinski definition) is 0. The standard InChI is InChI=1S/C14H17NO2/c1-10(2)17-13-5-4-11(3)8-12(13)14(6-7-14)15-9-16/h4-5,8,10H,6-7H2,1-3H3. The summed E-state index contributed by atoms with van der Waals surface area (Å²) in [5.41, 5.74) is 1.82. The van der Waals surface area contributed by atoms with Gasteiger partial charge in [0.15, 0.2) is 0 Å². The molecule has 0 amide bonds. The van der Waals surface area contributed by atoms with E-state index in [2.05, 4.69) is 11.1 Å². The minimum Gasteiger partial charge on any atom is -0.491 e. The van der Waals surface area contributed by atoms with Crippen molar-refractivity contribution in [3.05, 3.63) is 29.3 Å². The van der Waals surface area contributed by atoms with E-state index in [0.717, 1.165) is 29.7 Å². The summed E-state index contributed by atoms with van der Waals surface area (Å²) >= 11 is 0. The molecular formula is C14H17NO2. The van der Waals surface area contributed by atoms with E-state index in [1.54, 1.807) is 6.08 Å². The first-order chi connectivity index (χ1) is 8.07. The topological polar surface area (TPSA) is 38.7 Å². The lowest BCUT2D eigenvalue weighted by atomic mass is 10.0. The zero-order valence-corrected chi connectivity index (χ0v) is 10.5. The molecular weight excluding hydrogens is 214 g/mol. The number of nitrogens with zero attached hydrogens (tertiary/aromatic N) is 1. The summed E-state index contributed by atoms with van der Waals surface area (Å²) in [5.74, 6) is 0.835. The fourth-order valence-electron chi connectivity index (χ4n) is 2.01. The normalized spacial score (nSPS) is 16.5. The molecule has 0 heterocycles. The van der Waals surface area contributed by atoms with Gasteiger partial charge in [-0.15, -0.1) is 0 Å². The Morgan fingerprint density at radius 3 is 2.65 bits per heavy atom. The molecule has 0 N–H and O–H groups in total. The second kappa shape index (κ2) is 4.34. The molecule has 0 radical (unpaired) electrons. The van der Waals surface area contributed by atoms with Crippen LogP contribution in [0.5, 0.6) is 5.75 Å². The van der Waals surface area contributed by atoms with Crippen molar-refractivity contribution in [3.8, 4) is 5.75 Å². The van der Waals surface area contributed by atoms with Crippen molar-refractivity contribution < 1.29 is 9.53 Å². The molecule has 1 fully saturated rings. The van der Waals surface area contributed by atoms with Crippen LogP contribution in [0.1, 0.15) is 37.8 Å². The van der Waals surface area contributed by atoms with Crippen LogP contribution < -0.4 is 4.74 Å². The number of rotatable bonds is 4. The predicted molar refractivity (Wildman–Crippen MR) is 66.0 cm³/mol. The Kier molecular flexibility index (Phi) is 3.03. The third-order valence-electron chi connectivity index (χ3n) is 2.98. The van der Waals surface area contributed by atoms with Crippen LogP contribution in [0.2, 0.25) is 0 Å². The van der Waals surface area contributed by atoms with Crippen molar-refractivity contribution >= 4 is 6.08 Å². The molecule has 1 aliphatic rings. The number of isocyanates is 1. The van der Waals surface area contributed by atoms with Crippen LogP contribution in [0, 0.1) is 6.92 Å². The lowest BCUT2D eigenvalue weighted by Gasteiger charge is -2.18. The second-order valence-electron chi connectivity index (χ2n) is 4.90. The van der Waals surface area contributed by atoms with E-state index in [1.165, 1.54) is 0 Å². The minimum absolute atomic E-state index is 0.118. The highest BCUT2D eigenvalue weighted by Gasteiger charge is 2.47. The molecule has 0 aromatic heterocycles. The van der Waals surface area contributed by atoms with Crippen molar-refractivity contribution in [2.24, 2.45) is 4.99 Å². The van der Waals surface area contributed by atoms with E-state index in [1.807, 2.05) is 32.9 Å². The van der Waals surface area contributed by atoms with E-state index in [4.69, 9.17) is 4.74 Å². The molecule has 1 aromatic carbocycles. The van der Waals surface area contributed by atoms with Crippen LogP contribution in [0.3, 0.4) is 0 Å². The van der Waals surface area contributed by atoms with Gasteiger partial charge in [0.05, 0.1) is 6.10 Å². The highest BCUT2D eigenvalue weighted by Crippen LogP contribution is 2.52. The Hall–Kier alpha value is -1.60. The molecule has 2 rings (SSSR count). The summed E-state index contributed by atoms with van der Waals surface area (Å²) in [6.07, 6.45) is 3.61. The summed E-state index contributed by atoms with van der Waals surface area (Å²) in [5, 5.41) is 0. The van der Waals surface area contributed by atoms with Crippen LogP contribution in [0.4, 0.5) is 0 Å². The predicted octanol–water partition coefficient (Wildman–Crippen LogP) is 3.11. The first-order valence-corrected chi connectivity index (χ1v) is 5.94. The van der Waals surface area contributed by atoms with Crippen molar-refractivity contribution in [1.29, 1.82) is 0 Å². The van der Waals surface area contributed by atoms with Crippen molar-refractivity contribution in [2.75, 3.05) is 0 Å². The third kappa shape index (κ3) is 2.40. The number of aliphatic imine (C=N–C) groups is 1. The molecule has 1 aromatic rings. The summed E-state index contributed by atoms with van der Waals surface area (Å²) < 4.78 is 5.78. The molecule has 0 atom stereocenters. The number of aryl methyl sites for hydroxylation is 1. The first-order valence-electron chi connectivity index (χ1n) is 5.94. The van der Waals surface area contributed by atoms with Crippen LogP contribution in [0.25, 0.3) is 0 Å².